The van der Waals surface area contributed by atoms with Gasteiger partial charge in [0.25, 0.3) is 0 Å². The van der Waals surface area contributed by atoms with Crippen LogP contribution >= 0.6 is 0 Å². The zero-order valence-electron chi connectivity index (χ0n) is 21.4. The van der Waals surface area contributed by atoms with Crippen molar-refractivity contribution < 1.29 is 17.6 Å². The molecule has 39 heavy (non-hydrogen) atoms. The lowest BCUT2D eigenvalue weighted by Crippen LogP contribution is -2.41. The minimum atomic E-state index is -3.83. The Kier molecular flexibility index (Phi) is 8.65. The van der Waals surface area contributed by atoms with Crippen LogP contribution in [0, 0.1) is 34.9 Å². The van der Waals surface area contributed by atoms with Crippen molar-refractivity contribution in [3.05, 3.63) is 94.8 Å². The number of hydrogen-bond acceptors (Lipinski definition) is 5. The highest BCUT2D eigenvalue weighted by molar-refractivity contribution is 7.89. The zero-order chi connectivity index (χ0) is 28.0. The number of nitrogens with two attached hydrogens (primary N) is 1. The summed E-state index contributed by atoms with van der Waals surface area (Å²) in [5, 5.41) is 12.2. The van der Waals surface area contributed by atoms with Gasteiger partial charge in [0.1, 0.15) is 11.9 Å². The van der Waals surface area contributed by atoms with Gasteiger partial charge in [0.2, 0.25) is 15.9 Å². The Bertz CT molecular complexity index is 1560. The Hall–Kier alpha value is -4.18. The summed E-state index contributed by atoms with van der Waals surface area (Å²) in [6, 6.07) is 18.9. The second-order valence-electron chi connectivity index (χ2n) is 9.61. The molecule has 1 fully saturated rings. The van der Waals surface area contributed by atoms with E-state index in [9.17, 15) is 22.9 Å². The van der Waals surface area contributed by atoms with Gasteiger partial charge in [0.05, 0.1) is 16.5 Å². The number of benzene rings is 3. The number of nitrogen functional groups attached to an aromatic ring is 1. The van der Waals surface area contributed by atoms with Gasteiger partial charge < -0.3 is 11.1 Å². The summed E-state index contributed by atoms with van der Waals surface area (Å²) in [4.78, 5) is 12.8. The normalized spacial score (nSPS) is 17.8. The van der Waals surface area contributed by atoms with Crippen LogP contribution in [0.3, 0.4) is 0 Å². The first-order valence-electron chi connectivity index (χ1n) is 12.6. The van der Waals surface area contributed by atoms with Crippen molar-refractivity contribution in [3.8, 4) is 17.9 Å². The number of nitrogens with zero attached hydrogens (tertiary/aromatic N) is 1. The SMILES string of the molecule is C[C@@H](NC(=O)C1CCC(NS(=O)(=O)c2ccc(C#Cc3ccccc3C#N)c(N)c2)CC1)c1ccc(F)cc1. The van der Waals surface area contributed by atoms with E-state index in [0.29, 0.717) is 42.4 Å². The predicted octanol–water partition coefficient (Wildman–Crippen LogP) is 4.39. The molecule has 200 valence electrons. The number of halogens is 1. The third-order valence-electron chi connectivity index (χ3n) is 6.86. The van der Waals surface area contributed by atoms with Crippen LogP contribution < -0.4 is 15.8 Å². The molecular weight excluding hydrogens is 515 g/mol. The Morgan fingerprint density at radius 3 is 2.26 bits per heavy atom. The van der Waals surface area contributed by atoms with Gasteiger partial charge in [-0.2, -0.15) is 5.26 Å². The minimum absolute atomic E-state index is 0.0379. The van der Waals surface area contributed by atoms with Crippen molar-refractivity contribution in [3.63, 3.8) is 0 Å². The van der Waals surface area contributed by atoms with Crippen LogP contribution in [0.1, 0.15) is 60.9 Å². The van der Waals surface area contributed by atoms with E-state index in [0.717, 1.165) is 5.56 Å². The van der Waals surface area contributed by atoms with Crippen LogP contribution in [0.5, 0.6) is 0 Å². The van der Waals surface area contributed by atoms with Crippen molar-refractivity contribution in [1.29, 1.82) is 5.26 Å². The molecule has 3 aromatic rings. The van der Waals surface area contributed by atoms with E-state index in [1.54, 1.807) is 42.5 Å². The fourth-order valence-electron chi connectivity index (χ4n) is 4.57. The summed E-state index contributed by atoms with van der Waals surface area (Å²) in [7, 11) is -3.83. The molecule has 1 aliphatic carbocycles. The lowest BCUT2D eigenvalue weighted by Gasteiger charge is -2.29. The molecule has 3 aromatic carbocycles. The molecule has 1 saturated carbocycles. The van der Waals surface area contributed by atoms with Crippen LogP contribution in [-0.2, 0) is 14.8 Å². The highest BCUT2D eigenvalue weighted by atomic mass is 32.2. The number of amides is 1. The summed E-state index contributed by atoms with van der Waals surface area (Å²) >= 11 is 0. The summed E-state index contributed by atoms with van der Waals surface area (Å²) in [6.07, 6.45) is 2.16. The Morgan fingerprint density at radius 1 is 0.974 bits per heavy atom. The maximum absolute atomic E-state index is 13.2. The molecule has 9 heteroatoms. The standard InChI is InChI=1S/C30H29FN4O3S/c1-20(21-8-13-26(31)14-9-21)34-30(36)24-10-15-27(16-11-24)35-39(37,38)28-17-12-23(29(33)18-28)7-6-22-4-2-3-5-25(22)19-32/h2-5,8-9,12-14,17-18,20,24,27,35H,10-11,15-16,33H2,1H3,(H,34,36)/t20-,24?,27?/m1/s1. The second-order valence-corrected chi connectivity index (χ2v) is 11.3. The van der Waals surface area contributed by atoms with Gasteiger partial charge in [-0.25, -0.2) is 17.5 Å². The molecule has 0 unspecified atom stereocenters. The summed E-state index contributed by atoms with van der Waals surface area (Å²) in [6.45, 7) is 1.85. The van der Waals surface area contributed by atoms with Crippen LogP contribution in [0.4, 0.5) is 10.1 Å². The molecule has 4 rings (SSSR count). The van der Waals surface area contributed by atoms with Crippen molar-refractivity contribution >= 4 is 21.6 Å². The van der Waals surface area contributed by atoms with Crippen molar-refractivity contribution in [2.45, 2.75) is 49.6 Å². The summed E-state index contributed by atoms with van der Waals surface area (Å²) in [5.74, 6) is 5.19. The molecule has 0 saturated heterocycles. The first-order valence-corrected chi connectivity index (χ1v) is 14.1. The molecule has 1 aliphatic rings. The zero-order valence-corrected chi connectivity index (χ0v) is 22.3. The van der Waals surface area contributed by atoms with Crippen LogP contribution in [0.15, 0.2) is 71.6 Å². The summed E-state index contributed by atoms with van der Waals surface area (Å²) < 4.78 is 41.9. The first kappa shape index (κ1) is 27.8. The van der Waals surface area contributed by atoms with Gasteiger partial charge in [-0.05, 0) is 80.6 Å². The molecule has 4 N–H and O–H groups in total. The van der Waals surface area contributed by atoms with E-state index in [-0.39, 0.29) is 40.3 Å². The third-order valence-corrected chi connectivity index (χ3v) is 8.38. The number of hydrogen-bond donors (Lipinski definition) is 3. The number of carbonyl (C=O) groups is 1. The van der Waals surface area contributed by atoms with E-state index >= 15 is 0 Å². The van der Waals surface area contributed by atoms with Crippen molar-refractivity contribution in [1.82, 2.24) is 10.0 Å². The molecule has 0 aromatic heterocycles. The first-order chi connectivity index (χ1) is 18.7. The van der Waals surface area contributed by atoms with Gasteiger partial charge in [-0.1, -0.05) is 36.1 Å². The van der Waals surface area contributed by atoms with E-state index in [2.05, 4.69) is 27.9 Å². The second kappa shape index (κ2) is 12.1. The predicted molar refractivity (Wildman–Crippen MR) is 147 cm³/mol. The van der Waals surface area contributed by atoms with E-state index in [1.165, 1.54) is 24.3 Å². The molecule has 1 amide bonds. The van der Waals surface area contributed by atoms with Crippen molar-refractivity contribution in [2.75, 3.05) is 5.73 Å². The lowest BCUT2D eigenvalue weighted by molar-refractivity contribution is -0.126. The van der Waals surface area contributed by atoms with Crippen LogP contribution in [-0.4, -0.2) is 20.4 Å². The maximum atomic E-state index is 13.2. The molecule has 0 aliphatic heterocycles. The topological polar surface area (TPSA) is 125 Å². The largest absolute Gasteiger partial charge is 0.398 e. The highest BCUT2D eigenvalue weighted by Gasteiger charge is 2.30. The molecular formula is C30H29FN4O3S. The minimum Gasteiger partial charge on any atom is -0.398 e. The highest BCUT2D eigenvalue weighted by Crippen LogP contribution is 2.27. The Balaban J connectivity index is 1.34. The number of sulfonamides is 1. The van der Waals surface area contributed by atoms with E-state index in [1.807, 2.05) is 6.92 Å². The third kappa shape index (κ3) is 7.02. The number of rotatable bonds is 6. The Labute approximate surface area is 228 Å². The lowest BCUT2D eigenvalue weighted by atomic mass is 9.85. The smallest absolute Gasteiger partial charge is 0.240 e. The molecule has 0 heterocycles. The molecule has 0 bridgehead atoms. The van der Waals surface area contributed by atoms with Gasteiger partial charge in [-0.3, -0.25) is 4.79 Å². The molecule has 0 spiro atoms. The average Bonchev–Trinajstić information content (AvgIpc) is 2.93. The van der Waals surface area contributed by atoms with Gasteiger partial charge in [0.15, 0.2) is 0 Å². The van der Waals surface area contributed by atoms with Gasteiger partial charge in [0, 0.05) is 28.8 Å². The number of nitriles is 1. The Morgan fingerprint density at radius 2 is 1.62 bits per heavy atom. The molecule has 1 atom stereocenters. The van der Waals surface area contributed by atoms with Crippen LogP contribution in [0.25, 0.3) is 0 Å². The maximum Gasteiger partial charge on any atom is 0.240 e. The number of carbonyl (C=O) groups excluding carboxylic acids is 1. The number of nitrogens with one attached hydrogen (secondary N) is 2. The fourth-order valence-corrected chi connectivity index (χ4v) is 5.91. The number of anilines is 1. The van der Waals surface area contributed by atoms with Crippen molar-refractivity contribution in [2.24, 2.45) is 5.92 Å². The van der Waals surface area contributed by atoms with Crippen LogP contribution in [0.2, 0.25) is 0 Å². The quantitative estimate of drug-likeness (QED) is 0.314. The molecule has 7 nitrogen and oxygen atoms in total. The molecule has 0 radical (unpaired) electrons. The van der Waals surface area contributed by atoms with Gasteiger partial charge >= 0.3 is 0 Å². The van der Waals surface area contributed by atoms with E-state index < -0.39 is 10.0 Å². The summed E-state index contributed by atoms with van der Waals surface area (Å²) in [5.41, 5.74) is 8.61. The van der Waals surface area contributed by atoms with Gasteiger partial charge in [-0.15, -0.1) is 0 Å². The average molecular weight is 545 g/mol. The van der Waals surface area contributed by atoms with E-state index in [4.69, 9.17) is 5.73 Å². The monoisotopic (exact) mass is 544 g/mol. The fraction of sp³-hybridized carbons (Fsp3) is 0.267.